The van der Waals surface area contributed by atoms with Crippen LogP contribution in [0.4, 0.5) is 56.1 Å². The highest BCUT2D eigenvalue weighted by Crippen LogP contribution is 2.46. The Morgan fingerprint density at radius 1 is 0.294 bits per heavy atom. The van der Waals surface area contributed by atoms with Gasteiger partial charge in [-0.25, -0.2) is 8.78 Å². The first kappa shape index (κ1) is 115. The zero-order chi connectivity index (χ0) is 105. The molecule has 13 rings (SSSR count). The highest BCUT2D eigenvalue weighted by molar-refractivity contribution is 7.81. The number of halogens is 5. The molecule has 31 heteroatoms. The lowest BCUT2D eigenvalue weighted by molar-refractivity contribution is -0.137. The van der Waals surface area contributed by atoms with Gasteiger partial charge in [-0.15, -0.1) is 0 Å². The summed E-state index contributed by atoms with van der Waals surface area (Å²) < 4.78 is 143. The number of thiocarbonyl (C=S) groups is 6. The average molecular weight is 2070 g/mol. The molecule has 0 bridgehead atoms. The van der Waals surface area contributed by atoms with Crippen LogP contribution in [0.5, 0.6) is 46.0 Å². The van der Waals surface area contributed by atoms with E-state index in [1.807, 2.05) is 164 Å². The van der Waals surface area contributed by atoms with Gasteiger partial charge in [0.25, 0.3) is 37.5 Å². The van der Waals surface area contributed by atoms with E-state index in [-0.39, 0.29) is 50.9 Å². The first-order valence-electron chi connectivity index (χ1n) is 45.9. The van der Waals surface area contributed by atoms with Crippen molar-refractivity contribution in [2.45, 2.75) is 174 Å². The summed E-state index contributed by atoms with van der Waals surface area (Å²) in [5.41, 5.74) is 23.6. The monoisotopic (exact) mass is 2070 g/mol. The Labute approximate surface area is 870 Å². The number of para-hydroxylation sites is 6. The van der Waals surface area contributed by atoms with Crippen LogP contribution in [-0.4, -0.2) is 87.4 Å². The topological polar surface area (TPSA) is 201 Å². The fourth-order valence-corrected chi connectivity index (χ4v) is 15.4. The van der Waals surface area contributed by atoms with Gasteiger partial charge in [0.05, 0.1) is 96.1 Å². The van der Waals surface area contributed by atoms with Crippen LogP contribution >= 0.6 is 73.3 Å². The smallest absolute Gasteiger partial charge is 0.418 e. The molecule has 143 heavy (non-hydrogen) atoms. The quantitative estimate of drug-likeness (QED) is 0.0183. The lowest BCUT2D eigenvalue weighted by Crippen LogP contribution is -2.18. The number of alkyl halides is 5. The van der Waals surface area contributed by atoms with E-state index in [0.717, 1.165) is 131 Å². The van der Waals surface area contributed by atoms with Gasteiger partial charge in [-0.3, -0.25) is 0 Å². The molecule has 12 aromatic rings. The maximum atomic E-state index is 13.3. The van der Waals surface area contributed by atoms with Crippen molar-refractivity contribution in [3.8, 4) is 46.0 Å². The predicted molar refractivity (Wildman–Crippen MR) is 589 cm³/mol. The Bertz CT molecular complexity index is 6080. The maximum Gasteiger partial charge on any atom is 0.418 e. The third-order valence-electron chi connectivity index (χ3n) is 22.2. The molecule has 0 spiro atoms. The zero-order valence-electron chi connectivity index (χ0n) is 84.6. The fraction of sp³-hybridized carbons (Fsp3) is 0.304. The summed E-state index contributed by atoms with van der Waals surface area (Å²) in [5, 5.41) is 18.9. The molecule has 1 saturated carbocycles. The zero-order valence-corrected chi connectivity index (χ0v) is 89.5. The second-order valence-electron chi connectivity index (χ2n) is 33.2. The Morgan fingerprint density at radius 3 is 0.860 bits per heavy atom. The van der Waals surface area contributed by atoms with Crippen LogP contribution in [0.3, 0.4) is 0 Å². The van der Waals surface area contributed by atoms with Crippen molar-refractivity contribution < 1.29 is 88.3 Å². The molecule has 0 radical (unpaired) electrons. The van der Waals surface area contributed by atoms with Crippen LogP contribution in [0.2, 0.25) is 0 Å². The summed E-state index contributed by atoms with van der Waals surface area (Å²) in [6.07, 6.45) is -3.78. The summed E-state index contributed by atoms with van der Waals surface area (Å²) in [5.74, 6) is 6.89. The van der Waals surface area contributed by atoms with Gasteiger partial charge in [-0.1, -0.05) is 204 Å². The molecular weight excluding hydrogens is 1940 g/mol. The molecule has 0 heterocycles. The third-order valence-corrected chi connectivity index (χ3v) is 23.8. The van der Waals surface area contributed by atoms with E-state index in [4.69, 9.17) is 140 Å². The maximum absolute atomic E-state index is 13.3. The molecule has 0 atom stereocenters. The number of aryl methyl sites for hydroxylation is 13. The molecular formula is C112H127F5N6O14S6. The number of benzene rings is 12. The van der Waals surface area contributed by atoms with Crippen molar-refractivity contribution >= 4 is 138 Å². The number of methoxy groups -OCH3 is 7. The van der Waals surface area contributed by atoms with Crippen LogP contribution in [0, 0.1) is 83.1 Å². The molecule has 760 valence electrons. The van der Waals surface area contributed by atoms with Crippen LogP contribution in [0.1, 0.15) is 161 Å². The highest BCUT2D eigenvalue weighted by Gasteiger charge is 2.35. The van der Waals surface area contributed by atoms with Crippen LogP contribution in [0.15, 0.2) is 218 Å². The minimum absolute atomic E-state index is 0.0240. The first-order chi connectivity index (χ1) is 68.4. The van der Waals surface area contributed by atoms with Crippen LogP contribution in [-0.2, 0) is 80.7 Å². The van der Waals surface area contributed by atoms with Crippen molar-refractivity contribution in [3.05, 3.63) is 341 Å². The molecule has 1 fully saturated rings. The van der Waals surface area contributed by atoms with Gasteiger partial charge in [0.1, 0.15) is 85.6 Å². The molecule has 12 aromatic carbocycles. The molecule has 0 saturated heterocycles. The van der Waals surface area contributed by atoms with Crippen molar-refractivity contribution in [3.63, 3.8) is 0 Å². The Hall–Kier alpha value is -13.2. The third kappa shape index (κ3) is 36.3. The number of hydrogen-bond acceptors (Lipinski definition) is 20. The second-order valence-corrected chi connectivity index (χ2v) is 35.5. The van der Waals surface area contributed by atoms with E-state index < -0.39 is 18.2 Å². The lowest BCUT2D eigenvalue weighted by Gasteiger charge is -2.19. The van der Waals surface area contributed by atoms with Gasteiger partial charge >= 0.3 is 6.18 Å². The van der Waals surface area contributed by atoms with Crippen molar-refractivity contribution in [1.29, 1.82) is 0 Å². The highest BCUT2D eigenvalue weighted by atomic mass is 32.1. The first-order valence-corrected chi connectivity index (χ1v) is 48.3. The summed E-state index contributed by atoms with van der Waals surface area (Å²) in [7, 11) is 10.5. The van der Waals surface area contributed by atoms with Gasteiger partial charge in [-0.2, -0.15) is 13.2 Å². The second kappa shape index (κ2) is 57.8. The number of rotatable bonds is 30. The van der Waals surface area contributed by atoms with Gasteiger partial charge < -0.3 is 98.2 Å². The molecule has 1 aliphatic carbocycles. The molecule has 20 nitrogen and oxygen atoms in total. The largest absolute Gasteiger partial charge is 0.495 e. The summed E-state index contributed by atoms with van der Waals surface area (Å²) in [4.78, 5) is 0. The normalized spacial score (nSPS) is 11.0. The Morgan fingerprint density at radius 2 is 0.552 bits per heavy atom. The van der Waals surface area contributed by atoms with Gasteiger partial charge in [0.2, 0.25) is 0 Å². The minimum atomic E-state index is -4.53. The Balaban J connectivity index is 0.000000210. The van der Waals surface area contributed by atoms with Gasteiger partial charge in [-0.05, 0) is 288 Å². The van der Waals surface area contributed by atoms with E-state index in [9.17, 15) is 22.0 Å². The van der Waals surface area contributed by atoms with Crippen LogP contribution in [0.25, 0.3) is 0 Å². The summed E-state index contributed by atoms with van der Waals surface area (Å²) in [6, 6.07) is 68.7. The number of hydrogen-bond donors (Lipinski definition) is 6. The molecule has 0 aliphatic heterocycles. The van der Waals surface area contributed by atoms with Crippen molar-refractivity contribution in [1.82, 2.24) is 0 Å². The molecule has 0 amide bonds. The van der Waals surface area contributed by atoms with Crippen molar-refractivity contribution in [2.24, 2.45) is 0 Å². The van der Waals surface area contributed by atoms with E-state index >= 15 is 0 Å². The van der Waals surface area contributed by atoms with E-state index in [1.54, 1.807) is 45.6 Å². The molecule has 0 unspecified atom stereocenters. The Kier molecular flexibility index (Phi) is 46.5. The minimum Gasteiger partial charge on any atom is -0.495 e. The molecule has 6 N–H and O–H groups in total. The van der Waals surface area contributed by atoms with E-state index in [2.05, 4.69) is 141 Å². The van der Waals surface area contributed by atoms with Gasteiger partial charge in [0, 0.05) is 38.9 Å². The molecule has 1 aliphatic rings. The van der Waals surface area contributed by atoms with Crippen molar-refractivity contribution in [2.75, 3.05) is 88.3 Å². The van der Waals surface area contributed by atoms with E-state index in [1.165, 1.54) is 86.8 Å². The summed E-state index contributed by atoms with van der Waals surface area (Å²) >= 11 is 30.3. The number of nitrogens with one attached hydrogen (secondary N) is 6. The fourth-order valence-electron chi connectivity index (χ4n) is 14.8. The average Bonchev–Trinajstić information content (AvgIpc) is 1.37. The SMILES string of the molecule is CCOc1cccc(COc2ccc(C)cc2C)c1NC(=S)OC.CCc1cccc(COc2ccc(C)cc2C)c1NC(=S)OC.COC(=S)Nc1c(COc2ccc(C)cc2C)cccc1C(F)(F)F.COC(=S)Nc1c(COc2ccc(C)cc2C)cccc1C(F)F.COC(=S)Nc1c(COc2ccc(C)cc2C)cccc1C1CC1.COC(=S)Nc1c(COc2ccc(C)cc2C)cccc1OC. The number of anilines is 6. The summed E-state index contributed by atoms with van der Waals surface area (Å²) in [6.45, 7) is 30.8. The standard InChI is InChI=1S/C20H23NO2S.C19H23NO3S.C19H23NO2S.C18H18F3NO2S.C18H19F2NO2S.C18H21NO3S/c1-13-7-10-18(14(2)11-13)23-12-16-5-4-6-17(15-8-9-15)19(16)21-20(24)22-3;1-5-22-17-8-6-7-15(18(17)20-19(24)21-4)12-23-16-10-9-13(2)11-14(16)3;1-5-15-7-6-8-16(18(15)20-19(23)21-4)12-22-17-10-9-13(2)11-14(17)3;1-11-7-8-15(12(2)9-11)24-10-13-5-4-6-14(18(19,20)21)16(13)22-17(25)23-3;1-11-7-8-15(12(2)9-11)23-10-13-5-4-6-14(17(19)20)16(13)21-18(24)22-3;1-12-8-9-15(13(2)10-12)22-11-14-6-5-7-16(20-3)17(14)19-18(23)21-4/h4-7,10-11,15H,8-9,12H2,1-3H3,(H,21,24);6-11H,5,12H2,1-4H3,(H,20,24);6-11H,5,12H2,1-4H3,(H,20,23);4-9H,10H2,1-3H3,(H,22,25);4-9,17H,10H2,1-3H3,(H,21,24);5-10H,11H2,1-4H3,(H,19,23). The molecule has 0 aromatic heterocycles. The van der Waals surface area contributed by atoms with E-state index in [0.29, 0.717) is 77.7 Å². The van der Waals surface area contributed by atoms with Gasteiger partial charge in [0.15, 0.2) is 0 Å². The predicted octanol–water partition coefficient (Wildman–Crippen LogP) is 29.2. The number of ether oxygens (including phenoxy) is 14. The lowest BCUT2D eigenvalue weighted by atomic mass is 10.0. The van der Waals surface area contributed by atoms with Crippen LogP contribution < -0.4 is 69.8 Å².